The molecule has 1 rings (SSSR count). The van der Waals surface area contributed by atoms with Crippen molar-refractivity contribution in [3.8, 4) is 0 Å². The molecule has 0 saturated heterocycles. The molecule has 0 bridgehead atoms. The lowest BCUT2D eigenvalue weighted by Gasteiger charge is -2.09. The molecule has 1 aromatic carbocycles. The average Bonchev–Trinajstić information content (AvgIpc) is 2.39. The number of amides is 1. The fraction of sp³-hybridized carbons (Fsp3) is 0.333. The smallest absolute Gasteiger partial charge is 0.328 e. The van der Waals surface area contributed by atoms with Gasteiger partial charge in [-0.2, -0.15) is 0 Å². The van der Waals surface area contributed by atoms with Crippen LogP contribution >= 0.6 is 0 Å². The van der Waals surface area contributed by atoms with Gasteiger partial charge < -0.3 is 15.2 Å². The van der Waals surface area contributed by atoms with Gasteiger partial charge in [0.15, 0.2) is 0 Å². The number of nitrogens with one attached hydrogen (secondary N) is 1. The molecule has 5 heteroatoms. The Morgan fingerprint density at radius 3 is 2.75 bits per heavy atom. The molecule has 20 heavy (non-hydrogen) atoms. The van der Waals surface area contributed by atoms with Crippen molar-refractivity contribution in [1.82, 2.24) is 0 Å². The van der Waals surface area contributed by atoms with Crippen LogP contribution in [0.4, 0.5) is 5.69 Å². The van der Waals surface area contributed by atoms with Gasteiger partial charge in [0.1, 0.15) is 0 Å². The van der Waals surface area contributed by atoms with Gasteiger partial charge in [0.05, 0.1) is 0 Å². The lowest BCUT2D eigenvalue weighted by atomic mass is 10.1. The second-order valence-electron chi connectivity index (χ2n) is 4.39. The van der Waals surface area contributed by atoms with E-state index < -0.39 is 5.97 Å². The number of carboxylic acid groups (broad SMARTS) is 1. The first kappa shape index (κ1) is 15.9. The van der Waals surface area contributed by atoms with E-state index >= 15 is 0 Å². The summed E-state index contributed by atoms with van der Waals surface area (Å²) in [5.41, 5.74) is 2.40. The van der Waals surface area contributed by atoms with Crippen LogP contribution in [0.25, 0.3) is 6.08 Å². The van der Waals surface area contributed by atoms with Crippen LogP contribution in [0.1, 0.15) is 24.0 Å². The molecule has 0 heterocycles. The molecule has 0 aliphatic rings. The zero-order valence-electron chi connectivity index (χ0n) is 11.7. The van der Waals surface area contributed by atoms with E-state index in [0.717, 1.165) is 22.9 Å². The maximum atomic E-state index is 11.7. The SMILES string of the molecule is COCCCC(=O)Nc1ccc(/C=C/C(=O)O)cc1C. The van der Waals surface area contributed by atoms with Crippen LogP contribution in [-0.4, -0.2) is 30.7 Å². The Morgan fingerprint density at radius 2 is 2.15 bits per heavy atom. The highest BCUT2D eigenvalue weighted by molar-refractivity contribution is 5.91. The van der Waals surface area contributed by atoms with E-state index in [4.69, 9.17) is 9.84 Å². The number of benzene rings is 1. The number of carboxylic acids is 1. The quantitative estimate of drug-likeness (QED) is 0.593. The molecule has 0 radical (unpaired) electrons. The van der Waals surface area contributed by atoms with Gasteiger partial charge in [-0.3, -0.25) is 4.79 Å². The molecule has 0 aliphatic heterocycles. The Labute approximate surface area is 118 Å². The van der Waals surface area contributed by atoms with E-state index in [1.807, 2.05) is 13.0 Å². The summed E-state index contributed by atoms with van der Waals surface area (Å²) < 4.78 is 4.89. The number of rotatable bonds is 7. The van der Waals surface area contributed by atoms with Crippen LogP contribution in [0.5, 0.6) is 0 Å². The molecule has 0 fully saturated rings. The van der Waals surface area contributed by atoms with Crippen LogP contribution < -0.4 is 5.32 Å². The molecule has 0 aromatic heterocycles. The Balaban J connectivity index is 2.64. The van der Waals surface area contributed by atoms with Crippen molar-refractivity contribution in [2.45, 2.75) is 19.8 Å². The maximum Gasteiger partial charge on any atom is 0.328 e. The Bertz CT molecular complexity index is 509. The van der Waals surface area contributed by atoms with E-state index in [2.05, 4.69) is 5.32 Å². The molecule has 0 spiro atoms. The second kappa shape index (κ2) is 8.12. The van der Waals surface area contributed by atoms with E-state index in [1.54, 1.807) is 19.2 Å². The van der Waals surface area contributed by atoms with Gasteiger partial charge in [-0.25, -0.2) is 4.79 Å². The van der Waals surface area contributed by atoms with Crippen LogP contribution in [0.2, 0.25) is 0 Å². The predicted molar refractivity (Wildman–Crippen MR) is 77.6 cm³/mol. The normalized spacial score (nSPS) is 10.7. The van der Waals surface area contributed by atoms with Crippen LogP contribution in [0.3, 0.4) is 0 Å². The number of ether oxygens (including phenoxy) is 1. The summed E-state index contributed by atoms with van der Waals surface area (Å²) in [6, 6.07) is 5.35. The Kier molecular flexibility index (Phi) is 6.46. The summed E-state index contributed by atoms with van der Waals surface area (Å²) in [5, 5.41) is 11.4. The minimum Gasteiger partial charge on any atom is -0.478 e. The topological polar surface area (TPSA) is 75.6 Å². The Morgan fingerprint density at radius 1 is 1.40 bits per heavy atom. The summed E-state index contributed by atoms with van der Waals surface area (Å²) in [7, 11) is 1.60. The third-order valence-electron chi connectivity index (χ3n) is 2.70. The monoisotopic (exact) mass is 277 g/mol. The largest absolute Gasteiger partial charge is 0.478 e. The summed E-state index contributed by atoms with van der Waals surface area (Å²) in [6.45, 7) is 2.42. The van der Waals surface area contributed by atoms with Crippen molar-refractivity contribution in [2.24, 2.45) is 0 Å². The van der Waals surface area contributed by atoms with E-state index in [9.17, 15) is 9.59 Å². The van der Waals surface area contributed by atoms with Gasteiger partial charge in [-0.1, -0.05) is 6.07 Å². The molecule has 0 unspecified atom stereocenters. The number of hydrogen-bond donors (Lipinski definition) is 2. The molecule has 5 nitrogen and oxygen atoms in total. The molecule has 0 atom stereocenters. The van der Waals surface area contributed by atoms with Gasteiger partial charge in [0.25, 0.3) is 0 Å². The number of aryl methyl sites for hydroxylation is 1. The van der Waals surface area contributed by atoms with Crippen LogP contribution in [0, 0.1) is 6.92 Å². The van der Waals surface area contributed by atoms with Crippen molar-refractivity contribution >= 4 is 23.6 Å². The first-order valence-electron chi connectivity index (χ1n) is 6.33. The maximum absolute atomic E-state index is 11.7. The fourth-order valence-corrected chi connectivity index (χ4v) is 1.69. The molecule has 0 saturated carbocycles. The zero-order chi connectivity index (χ0) is 15.0. The fourth-order valence-electron chi connectivity index (χ4n) is 1.69. The number of carbonyl (C=O) groups is 2. The minimum absolute atomic E-state index is 0.0565. The summed E-state index contributed by atoms with van der Waals surface area (Å²) in [6.07, 6.45) is 3.69. The number of aliphatic carboxylic acids is 1. The van der Waals surface area contributed by atoms with Crippen LogP contribution in [-0.2, 0) is 14.3 Å². The number of methoxy groups -OCH3 is 1. The molecular weight excluding hydrogens is 258 g/mol. The highest BCUT2D eigenvalue weighted by Gasteiger charge is 2.05. The third kappa shape index (κ3) is 5.67. The van der Waals surface area contributed by atoms with Gasteiger partial charge in [-0.15, -0.1) is 0 Å². The second-order valence-corrected chi connectivity index (χ2v) is 4.39. The van der Waals surface area contributed by atoms with Gasteiger partial charge in [0.2, 0.25) is 5.91 Å². The van der Waals surface area contributed by atoms with Crippen molar-refractivity contribution in [3.63, 3.8) is 0 Å². The van der Waals surface area contributed by atoms with Crippen molar-refractivity contribution in [3.05, 3.63) is 35.4 Å². The average molecular weight is 277 g/mol. The standard InChI is InChI=1S/C15H19NO4/c1-11-10-12(6-8-15(18)19)5-7-13(11)16-14(17)4-3-9-20-2/h5-8,10H,3-4,9H2,1-2H3,(H,16,17)(H,18,19)/b8-6+. The van der Waals surface area contributed by atoms with Gasteiger partial charge in [0, 0.05) is 31.9 Å². The van der Waals surface area contributed by atoms with Crippen molar-refractivity contribution in [1.29, 1.82) is 0 Å². The minimum atomic E-state index is -0.988. The van der Waals surface area contributed by atoms with E-state index in [-0.39, 0.29) is 5.91 Å². The van der Waals surface area contributed by atoms with E-state index in [1.165, 1.54) is 6.08 Å². The summed E-state index contributed by atoms with van der Waals surface area (Å²) >= 11 is 0. The first-order chi connectivity index (χ1) is 9.52. The highest BCUT2D eigenvalue weighted by atomic mass is 16.5. The molecule has 2 N–H and O–H groups in total. The first-order valence-corrected chi connectivity index (χ1v) is 6.33. The molecule has 108 valence electrons. The van der Waals surface area contributed by atoms with Gasteiger partial charge in [-0.05, 0) is 42.7 Å². The third-order valence-corrected chi connectivity index (χ3v) is 2.70. The molecular formula is C15H19NO4. The summed E-state index contributed by atoms with van der Waals surface area (Å²) in [4.78, 5) is 22.1. The highest BCUT2D eigenvalue weighted by Crippen LogP contribution is 2.17. The van der Waals surface area contributed by atoms with Crippen LogP contribution in [0.15, 0.2) is 24.3 Å². The number of carbonyl (C=O) groups excluding carboxylic acids is 1. The lowest BCUT2D eigenvalue weighted by molar-refractivity contribution is -0.131. The van der Waals surface area contributed by atoms with Gasteiger partial charge >= 0.3 is 5.97 Å². The zero-order valence-corrected chi connectivity index (χ0v) is 11.7. The molecule has 0 aliphatic carbocycles. The van der Waals surface area contributed by atoms with E-state index in [0.29, 0.717) is 19.4 Å². The molecule has 1 amide bonds. The molecule has 1 aromatic rings. The van der Waals surface area contributed by atoms with Crippen molar-refractivity contribution in [2.75, 3.05) is 19.0 Å². The lowest BCUT2D eigenvalue weighted by Crippen LogP contribution is -2.12. The number of hydrogen-bond acceptors (Lipinski definition) is 3. The number of anilines is 1. The van der Waals surface area contributed by atoms with Crippen molar-refractivity contribution < 1.29 is 19.4 Å². The predicted octanol–water partition coefficient (Wildman–Crippen LogP) is 2.46. The summed E-state index contributed by atoms with van der Waals surface area (Å²) in [5.74, 6) is -1.04. The Hall–Kier alpha value is -2.14.